The number of amides is 2. The number of piperazine rings is 1. The molecule has 1 heterocycles. The molecule has 7 heteroatoms. The smallest absolute Gasteiger partial charge is 0.236 e. The Morgan fingerprint density at radius 2 is 1.88 bits per heavy atom. The van der Waals surface area contributed by atoms with Crippen molar-refractivity contribution >= 4 is 27.7 Å². The molecule has 6 nitrogen and oxygen atoms in total. The molecule has 0 saturated carbocycles. The lowest BCUT2D eigenvalue weighted by molar-refractivity contribution is -0.133. The van der Waals surface area contributed by atoms with Gasteiger partial charge in [-0.25, -0.2) is 0 Å². The van der Waals surface area contributed by atoms with Crippen LogP contribution < -0.4 is 10.6 Å². The standard InChI is InChI=1S/C17H25BrN4O2/c1-13(14-3-5-15(18)6-4-14)20-16(23)11-21(2)12-17(24)22-9-7-19-8-10-22/h3-6,13,19H,7-12H2,1-2H3,(H,20,23). The van der Waals surface area contributed by atoms with Crippen molar-refractivity contribution in [3.05, 3.63) is 34.3 Å². The Kier molecular flexibility index (Phi) is 7.20. The highest BCUT2D eigenvalue weighted by molar-refractivity contribution is 9.10. The maximum absolute atomic E-state index is 12.2. The van der Waals surface area contributed by atoms with E-state index in [1.807, 2.05) is 36.1 Å². The van der Waals surface area contributed by atoms with Crippen LogP contribution in [-0.4, -0.2) is 67.9 Å². The van der Waals surface area contributed by atoms with Crippen LogP contribution in [-0.2, 0) is 9.59 Å². The van der Waals surface area contributed by atoms with Crippen LogP contribution in [0, 0.1) is 0 Å². The van der Waals surface area contributed by atoms with Crippen LogP contribution >= 0.6 is 15.9 Å². The number of hydrogen-bond donors (Lipinski definition) is 2. The molecule has 1 aromatic carbocycles. The minimum Gasteiger partial charge on any atom is -0.348 e. The molecular formula is C17H25BrN4O2. The Labute approximate surface area is 151 Å². The number of likely N-dealkylation sites (N-methyl/N-ethyl adjacent to an activating group) is 1. The SMILES string of the molecule is CC(NC(=O)CN(C)CC(=O)N1CCNCC1)c1ccc(Br)cc1. The molecule has 1 unspecified atom stereocenters. The molecule has 0 aliphatic carbocycles. The normalized spacial score (nSPS) is 16.1. The first-order chi connectivity index (χ1) is 11.5. The summed E-state index contributed by atoms with van der Waals surface area (Å²) in [5.41, 5.74) is 1.05. The van der Waals surface area contributed by atoms with Crippen LogP contribution in [0.4, 0.5) is 0 Å². The van der Waals surface area contributed by atoms with Gasteiger partial charge in [-0.3, -0.25) is 14.5 Å². The molecule has 1 aromatic rings. The third-order valence-corrected chi connectivity index (χ3v) is 4.56. The van der Waals surface area contributed by atoms with Gasteiger partial charge in [-0.15, -0.1) is 0 Å². The fourth-order valence-corrected chi connectivity index (χ4v) is 2.93. The summed E-state index contributed by atoms with van der Waals surface area (Å²) in [6, 6.07) is 7.80. The van der Waals surface area contributed by atoms with Crippen LogP contribution in [0.5, 0.6) is 0 Å². The van der Waals surface area contributed by atoms with E-state index < -0.39 is 0 Å². The summed E-state index contributed by atoms with van der Waals surface area (Å²) in [5, 5.41) is 6.19. The molecular weight excluding hydrogens is 372 g/mol. The number of nitrogens with one attached hydrogen (secondary N) is 2. The summed E-state index contributed by atoms with van der Waals surface area (Å²) in [6.07, 6.45) is 0. The van der Waals surface area contributed by atoms with E-state index in [1.165, 1.54) is 0 Å². The zero-order valence-electron chi connectivity index (χ0n) is 14.2. The number of carbonyl (C=O) groups excluding carboxylic acids is 2. The first-order valence-electron chi connectivity index (χ1n) is 8.17. The lowest BCUT2D eigenvalue weighted by Crippen LogP contribution is -2.50. The van der Waals surface area contributed by atoms with Crippen molar-refractivity contribution in [2.75, 3.05) is 46.3 Å². The highest BCUT2D eigenvalue weighted by atomic mass is 79.9. The minimum atomic E-state index is -0.0824. The van der Waals surface area contributed by atoms with Crippen molar-refractivity contribution in [1.82, 2.24) is 20.4 Å². The van der Waals surface area contributed by atoms with Crippen LogP contribution in [0.25, 0.3) is 0 Å². The number of hydrogen-bond acceptors (Lipinski definition) is 4. The quantitative estimate of drug-likeness (QED) is 0.752. The van der Waals surface area contributed by atoms with Crippen molar-refractivity contribution < 1.29 is 9.59 Å². The highest BCUT2D eigenvalue weighted by Crippen LogP contribution is 2.16. The molecule has 2 rings (SSSR count). The number of halogens is 1. The van der Waals surface area contributed by atoms with E-state index in [-0.39, 0.29) is 30.9 Å². The van der Waals surface area contributed by atoms with Gasteiger partial charge < -0.3 is 15.5 Å². The zero-order valence-corrected chi connectivity index (χ0v) is 15.8. The Hall–Kier alpha value is -1.44. The maximum Gasteiger partial charge on any atom is 0.236 e. The van der Waals surface area contributed by atoms with Crippen molar-refractivity contribution in [1.29, 1.82) is 0 Å². The summed E-state index contributed by atoms with van der Waals surface area (Å²) < 4.78 is 1.01. The van der Waals surface area contributed by atoms with Gasteiger partial charge in [0.05, 0.1) is 19.1 Å². The lowest BCUT2D eigenvalue weighted by atomic mass is 10.1. The number of carbonyl (C=O) groups is 2. The number of benzene rings is 1. The van der Waals surface area contributed by atoms with Crippen molar-refractivity contribution in [2.45, 2.75) is 13.0 Å². The predicted molar refractivity (Wildman–Crippen MR) is 97.6 cm³/mol. The first-order valence-corrected chi connectivity index (χ1v) is 8.97. The molecule has 1 fully saturated rings. The first kappa shape index (κ1) is 18.9. The van der Waals surface area contributed by atoms with Gasteiger partial charge in [0.25, 0.3) is 0 Å². The monoisotopic (exact) mass is 396 g/mol. The fourth-order valence-electron chi connectivity index (χ4n) is 2.67. The Morgan fingerprint density at radius 1 is 1.25 bits per heavy atom. The summed E-state index contributed by atoms with van der Waals surface area (Å²) in [5.74, 6) is -0.00575. The molecule has 1 aliphatic rings. The Morgan fingerprint density at radius 3 is 2.50 bits per heavy atom. The lowest BCUT2D eigenvalue weighted by Gasteiger charge is -2.29. The fraction of sp³-hybridized carbons (Fsp3) is 0.529. The summed E-state index contributed by atoms with van der Waals surface area (Å²) in [7, 11) is 1.80. The van der Waals surface area contributed by atoms with E-state index in [1.54, 1.807) is 11.9 Å². The van der Waals surface area contributed by atoms with Crippen molar-refractivity contribution in [2.24, 2.45) is 0 Å². The molecule has 2 N–H and O–H groups in total. The molecule has 0 aromatic heterocycles. The second-order valence-corrected chi connectivity index (χ2v) is 7.06. The molecule has 0 spiro atoms. The van der Waals surface area contributed by atoms with Crippen molar-refractivity contribution in [3.8, 4) is 0 Å². The molecule has 1 aliphatic heterocycles. The van der Waals surface area contributed by atoms with E-state index in [0.717, 1.165) is 36.2 Å². The van der Waals surface area contributed by atoms with Gasteiger partial charge in [-0.1, -0.05) is 28.1 Å². The Bertz CT molecular complexity index is 558. The third-order valence-electron chi connectivity index (χ3n) is 4.04. The van der Waals surface area contributed by atoms with E-state index in [4.69, 9.17) is 0 Å². The topological polar surface area (TPSA) is 64.7 Å². The van der Waals surface area contributed by atoms with Gasteiger partial charge in [0, 0.05) is 30.7 Å². The van der Waals surface area contributed by atoms with Gasteiger partial charge >= 0.3 is 0 Å². The van der Waals surface area contributed by atoms with E-state index >= 15 is 0 Å². The highest BCUT2D eigenvalue weighted by Gasteiger charge is 2.19. The molecule has 1 atom stereocenters. The third kappa shape index (κ3) is 5.89. The van der Waals surface area contributed by atoms with Crippen molar-refractivity contribution in [3.63, 3.8) is 0 Å². The maximum atomic E-state index is 12.2. The molecule has 2 amide bonds. The van der Waals surface area contributed by atoms with E-state index in [0.29, 0.717) is 0 Å². The van der Waals surface area contributed by atoms with Crippen LogP contribution in [0.3, 0.4) is 0 Å². The van der Waals surface area contributed by atoms with Gasteiger partial charge in [0.15, 0.2) is 0 Å². The second kappa shape index (κ2) is 9.15. The van der Waals surface area contributed by atoms with Crippen LogP contribution in [0.2, 0.25) is 0 Å². The summed E-state index contributed by atoms with van der Waals surface area (Å²) >= 11 is 3.40. The summed E-state index contributed by atoms with van der Waals surface area (Å²) in [4.78, 5) is 28.0. The average Bonchev–Trinajstić information content (AvgIpc) is 2.55. The molecule has 24 heavy (non-hydrogen) atoms. The minimum absolute atomic E-state index is 0.0668. The van der Waals surface area contributed by atoms with Crippen LogP contribution in [0.1, 0.15) is 18.5 Å². The van der Waals surface area contributed by atoms with E-state index in [2.05, 4.69) is 26.6 Å². The molecule has 132 valence electrons. The summed E-state index contributed by atoms with van der Waals surface area (Å²) in [6.45, 7) is 5.56. The van der Waals surface area contributed by atoms with Gasteiger partial charge in [0.2, 0.25) is 11.8 Å². The number of nitrogens with zero attached hydrogens (tertiary/aromatic N) is 2. The molecule has 0 bridgehead atoms. The zero-order chi connectivity index (χ0) is 17.5. The predicted octanol–water partition coefficient (Wildman–Crippen LogP) is 0.990. The molecule has 0 radical (unpaired) electrons. The Balaban J connectivity index is 1.76. The van der Waals surface area contributed by atoms with Crippen LogP contribution in [0.15, 0.2) is 28.7 Å². The second-order valence-electron chi connectivity index (χ2n) is 6.14. The largest absolute Gasteiger partial charge is 0.348 e. The van der Waals surface area contributed by atoms with Gasteiger partial charge in [-0.05, 0) is 31.7 Å². The van der Waals surface area contributed by atoms with E-state index in [9.17, 15) is 9.59 Å². The van der Waals surface area contributed by atoms with Gasteiger partial charge in [0.1, 0.15) is 0 Å². The molecule has 1 saturated heterocycles. The average molecular weight is 397 g/mol. The number of rotatable bonds is 6. The van der Waals surface area contributed by atoms with Gasteiger partial charge in [-0.2, -0.15) is 0 Å².